The van der Waals surface area contributed by atoms with E-state index in [9.17, 15) is 31.4 Å². The van der Waals surface area contributed by atoms with Crippen molar-refractivity contribution in [3.8, 4) is 0 Å². The van der Waals surface area contributed by atoms with E-state index in [0.717, 1.165) is 0 Å². The minimum absolute atomic E-state index is 0.0920. The van der Waals surface area contributed by atoms with Crippen LogP contribution in [-0.4, -0.2) is 11.2 Å². The van der Waals surface area contributed by atoms with Crippen LogP contribution in [0.3, 0.4) is 0 Å². The summed E-state index contributed by atoms with van der Waals surface area (Å²) >= 11 is 0. The fraction of sp³-hybridized carbons (Fsp3) is 0.538. The second kappa shape index (κ2) is 6.23. The lowest BCUT2D eigenvalue weighted by atomic mass is 9.92. The van der Waals surface area contributed by atoms with Crippen LogP contribution in [-0.2, 0) is 12.4 Å². The van der Waals surface area contributed by atoms with E-state index < -0.39 is 41.2 Å². The van der Waals surface area contributed by atoms with Gasteiger partial charge in [0, 0.05) is 0 Å². The highest BCUT2D eigenvalue weighted by molar-refractivity contribution is 5.38. The van der Waals surface area contributed by atoms with Gasteiger partial charge in [0.05, 0.1) is 23.3 Å². The highest BCUT2D eigenvalue weighted by atomic mass is 19.4. The predicted molar refractivity (Wildman–Crippen MR) is 64.3 cm³/mol. The van der Waals surface area contributed by atoms with Gasteiger partial charge in [0.2, 0.25) is 0 Å². The van der Waals surface area contributed by atoms with Crippen LogP contribution in [0.2, 0.25) is 0 Å². The average Bonchev–Trinajstić information content (AvgIpc) is 2.35. The minimum Gasteiger partial charge on any atom is -0.391 e. The molecule has 0 aliphatic heterocycles. The molecule has 0 aromatic heterocycles. The molecule has 1 aromatic rings. The Kier molecular flexibility index (Phi) is 5.27. The van der Waals surface area contributed by atoms with E-state index in [4.69, 9.17) is 5.73 Å². The quantitative estimate of drug-likeness (QED) is 0.828. The van der Waals surface area contributed by atoms with Crippen LogP contribution < -0.4 is 5.73 Å². The Morgan fingerprint density at radius 1 is 1.10 bits per heavy atom. The SMILES string of the molecule is CCC[C@@H](O)[C@@H](N)c1cc(C(F)(F)F)ccc1C(F)(F)F. The predicted octanol–water partition coefficient (Wildman–Crippen LogP) is 3.89. The summed E-state index contributed by atoms with van der Waals surface area (Å²) in [7, 11) is 0. The number of rotatable bonds is 4. The third-order valence-corrected chi connectivity index (χ3v) is 3.04. The summed E-state index contributed by atoms with van der Waals surface area (Å²) in [6.07, 6.45) is -10.4. The number of nitrogens with two attached hydrogens (primary N) is 1. The summed E-state index contributed by atoms with van der Waals surface area (Å²) in [6, 6.07) is -0.488. The Morgan fingerprint density at radius 2 is 1.67 bits per heavy atom. The van der Waals surface area contributed by atoms with Crippen molar-refractivity contribution in [2.45, 2.75) is 44.3 Å². The molecule has 0 amide bonds. The van der Waals surface area contributed by atoms with Crippen LogP contribution in [0.4, 0.5) is 26.3 Å². The fourth-order valence-electron chi connectivity index (χ4n) is 1.96. The van der Waals surface area contributed by atoms with Crippen LogP contribution in [0, 0.1) is 0 Å². The Balaban J connectivity index is 3.36. The largest absolute Gasteiger partial charge is 0.416 e. The molecule has 0 spiro atoms. The maximum Gasteiger partial charge on any atom is 0.416 e. The van der Waals surface area contributed by atoms with Crippen LogP contribution in [0.1, 0.15) is 42.5 Å². The summed E-state index contributed by atoms with van der Waals surface area (Å²) in [6.45, 7) is 1.67. The van der Waals surface area contributed by atoms with E-state index in [1.165, 1.54) is 0 Å². The summed E-state index contributed by atoms with van der Waals surface area (Å²) in [4.78, 5) is 0. The summed E-state index contributed by atoms with van der Waals surface area (Å²) in [5.74, 6) is 0. The highest BCUT2D eigenvalue weighted by Crippen LogP contribution is 2.39. The number of benzene rings is 1. The van der Waals surface area contributed by atoms with Crippen LogP contribution >= 0.6 is 0 Å². The monoisotopic (exact) mass is 315 g/mol. The molecule has 0 saturated carbocycles. The number of aliphatic hydroxyl groups excluding tert-OH is 1. The Hall–Kier alpha value is -1.28. The molecule has 0 fully saturated rings. The Bertz CT molecular complexity index is 483. The standard InChI is InChI=1S/C13H15F6NO/c1-2-3-10(21)11(20)8-6-7(12(14,15)16)4-5-9(8)13(17,18)19/h4-6,10-11,21H,2-3,20H2,1H3/t10-,11+/m1/s1. The lowest BCUT2D eigenvalue weighted by Gasteiger charge is -2.23. The zero-order valence-electron chi connectivity index (χ0n) is 11.1. The number of hydrogen-bond acceptors (Lipinski definition) is 2. The van der Waals surface area contributed by atoms with Gasteiger partial charge in [0.25, 0.3) is 0 Å². The van der Waals surface area contributed by atoms with Crippen molar-refractivity contribution >= 4 is 0 Å². The number of alkyl halides is 6. The minimum atomic E-state index is -4.84. The molecule has 0 saturated heterocycles. The van der Waals surface area contributed by atoms with Gasteiger partial charge in [-0.25, -0.2) is 0 Å². The van der Waals surface area contributed by atoms with Gasteiger partial charge in [-0.3, -0.25) is 0 Å². The Labute approximate surface area is 117 Å². The van der Waals surface area contributed by atoms with Crippen molar-refractivity contribution in [3.05, 3.63) is 34.9 Å². The first-order chi connectivity index (χ1) is 9.48. The van der Waals surface area contributed by atoms with E-state index in [1.807, 2.05) is 0 Å². The highest BCUT2D eigenvalue weighted by Gasteiger charge is 2.39. The van der Waals surface area contributed by atoms with E-state index in [1.54, 1.807) is 6.92 Å². The molecular weight excluding hydrogens is 300 g/mol. The number of halogens is 6. The molecule has 120 valence electrons. The lowest BCUT2D eigenvalue weighted by Crippen LogP contribution is -2.29. The Morgan fingerprint density at radius 3 is 2.10 bits per heavy atom. The van der Waals surface area contributed by atoms with Gasteiger partial charge in [-0.1, -0.05) is 13.3 Å². The van der Waals surface area contributed by atoms with Gasteiger partial charge in [0.15, 0.2) is 0 Å². The van der Waals surface area contributed by atoms with Crippen molar-refractivity contribution in [2.75, 3.05) is 0 Å². The maximum absolute atomic E-state index is 12.9. The second-order valence-corrected chi connectivity index (χ2v) is 4.68. The molecule has 0 heterocycles. The van der Waals surface area contributed by atoms with E-state index in [0.29, 0.717) is 24.6 Å². The lowest BCUT2D eigenvalue weighted by molar-refractivity contribution is -0.142. The van der Waals surface area contributed by atoms with Crippen LogP contribution in [0.5, 0.6) is 0 Å². The molecule has 2 atom stereocenters. The molecule has 1 aromatic carbocycles. The van der Waals surface area contributed by atoms with Gasteiger partial charge in [-0.15, -0.1) is 0 Å². The summed E-state index contributed by atoms with van der Waals surface area (Å²) < 4.78 is 76.5. The molecule has 21 heavy (non-hydrogen) atoms. The van der Waals surface area contributed by atoms with Gasteiger partial charge in [-0.05, 0) is 30.2 Å². The van der Waals surface area contributed by atoms with E-state index in [2.05, 4.69) is 0 Å². The smallest absolute Gasteiger partial charge is 0.391 e. The van der Waals surface area contributed by atoms with Gasteiger partial charge in [-0.2, -0.15) is 26.3 Å². The van der Waals surface area contributed by atoms with E-state index in [-0.39, 0.29) is 6.42 Å². The molecule has 0 aliphatic rings. The molecule has 0 radical (unpaired) electrons. The molecule has 0 aliphatic carbocycles. The van der Waals surface area contributed by atoms with Crippen LogP contribution in [0.15, 0.2) is 18.2 Å². The summed E-state index contributed by atoms with van der Waals surface area (Å²) in [5, 5.41) is 9.68. The normalized spacial score (nSPS) is 15.9. The summed E-state index contributed by atoms with van der Waals surface area (Å²) in [5.41, 5.74) is 2.27. The van der Waals surface area contributed by atoms with Crippen molar-refractivity contribution in [1.82, 2.24) is 0 Å². The maximum atomic E-state index is 12.9. The second-order valence-electron chi connectivity index (χ2n) is 4.68. The first-order valence-corrected chi connectivity index (χ1v) is 6.20. The van der Waals surface area contributed by atoms with Gasteiger partial charge in [0.1, 0.15) is 0 Å². The van der Waals surface area contributed by atoms with Crippen molar-refractivity contribution in [1.29, 1.82) is 0 Å². The average molecular weight is 315 g/mol. The molecular formula is C13H15F6NO. The molecule has 0 unspecified atom stereocenters. The molecule has 2 nitrogen and oxygen atoms in total. The number of aliphatic hydroxyl groups is 1. The zero-order valence-corrected chi connectivity index (χ0v) is 11.1. The van der Waals surface area contributed by atoms with Gasteiger partial charge >= 0.3 is 12.4 Å². The van der Waals surface area contributed by atoms with Crippen molar-refractivity contribution < 1.29 is 31.4 Å². The third kappa shape index (κ3) is 4.34. The first-order valence-electron chi connectivity index (χ1n) is 6.20. The third-order valence-electron chi connectivity index (χ3n) is 3.04. The fourth-order valence-corrected chi connectivity index (χ4v) is 1.96. The van der Waals surface area contributed by atoms with Gasteiger partial charge < -0.3 is 10.8 Å². The molecule has 1 rings (SSSR count). The van der Waals surface area contributed by atoms with Crippen LogP contribution in [0.25, 0.3) is 0 Å². The zero-order chi connectivity index (χ0) is 16.4. The molecule has 0 bridgehead atoms. The van der Waals surface area contributed by atoms with Crippen molar-refractivity contribution in [2.24, 2.45) is 5.73 Å². The first kappa shape index (κ1) is 17.8. The number of hydrogen-bond donors (Lipinski definition) is 2. The van der Waals surface area contributed by atoms with E-state index >= 15 is 0 Å². The molecule has 3 N–H and O–H groups in total. The molecule has 8 heteroatoms. The topological polar surface area (TPSA) is 46.2 Å². The van der Waals surface area contributed by atoms with Crippen molar-refractivity contribution in [3.63, 3.8) is 0 Å².